The molecule has 1 aromatic heterocycles. The van der Waals surface area contributed by atoms with E-state index in [0.717, 1.165) is 30.6 Å². The fourth-order valence-corrected chi connectivity index (χ4v) is 3.37. The van der Waals surface area contributed by atoms with Gasteiger partial charge < -0.3 is 16.2 Å². The van der Waals surface area contributed by atoms with Gasteiger partial charge in [0.25, 0.3) is 5.91 Å². The number of carbonyl (C=O) groups is 2. The number of hydrogen-bond donors (Lipinski definition) is 3. The fraction of sp³-hybridized carbons (Fsp3) is 0.615. The summed E-state index contributed by atoms with van der Waals surface area (Å²) in [5.41, 5.74) is 6.17. The van der Waals surface area contributed by atoms with E-state index in [1.807, 2.05) is 0 Å². The van der Waals surface area contributed by atoms with Gasteiger partial charge in [-0.1, -0.05) is 30.6 Å². The quantitative estimate of drug-likeness (QED) is 0.738. The summed E-state index contributed by atoms with van der Waals surface area (Å²) in [4.78, 5) is 28.0. The maximum atomic E-state index is 12.2. The van der Waals surface area contributed by atoms with Crippen molar-refractivity contribution < 1.29 is 14.7 Å². The second kappa shape index (κ2) is 6.21. The predicted molar refractivity (Wildman–Crippen MR) is 76.7 cm³/mol. The molecule has 0 aliphatic heterocycles. The van der Waals surface area contributed by atoms with Crippen LogP contribution in [0.25, 0.3) is 0 Å². The molecule has 1 heterocycles. The van der Waals surface area contributed by atoms with Gasteiger partial charge >= 0.3 is 5.97 Å². The van der Waals surface area contributed by atoms with E-state index in [-0.39, 0.29) is 11.9 Å². The van der Waals surface area contributed by atoms with E-state index >= 15 is 0 Å². The van der Waals surface area contributed by atoms with Gasteiger partial charge in [-0.05, 0) is 19.8 Å². The molecule has 1 aliphatic carbocycles. The van der Waals surface area contributed by atoms with Gasteiger partial charge in [0.2, 0.25) is 0 Å². The molecule has 0 radical (unpaired) electrons. The third-order valence-corrected chi connectivity index (χ3v) is 4.65. The number of carboxylic acids is 1. The van der Waals surface area contributed by atoms with Gasteiger partial charge in [-0.3, -0.25) is 9.59 Å². The van der Waals surface area contributed by atoms with E-state index < -0.39 is 11.9 Å². The Bertz CT molecular complexity index is 515. The van der Waals surface area contributed by atoms with Crippen molar-refractivity contribution in [2.24, 2.45) is 5.92 Å². The summed E-state index contributed by atoms with van der Waals surface area (Å²) in [5.74, 6) is -1.61. The molecule has 7 heteroatoms. The first-order valence-electron chi connectivity index (χ1n) is 6.75. The van der Waals surface area contributed by atoms with Crippen LogP contribution in [0.1, 0.15) is 47.5 Å². The van der Waals surface area contributed by atoms with Crippen molar-refractivity contribution in [2.45, 2.75) is 45.1 Å². The Hall–Kier alpha value is -1.63. The molecule has 1 amide bonds. The summed E-state index contributed by atoms with van der Waals surface area (Å²) in [6.45, 7) is 1.73. The number of carboxylic acid groups (broad SMARTS) is 1. The molecular weight excluding hydrogens is 278 g/mol. The van der Waals surface area contributed by atoms with Crippen molar-refractivity contribution in [3.8, 4) is 0 Å². The number of hydrogen-bond acceptors (Lipinski definition) is 5. The molecular formula is C13H19N3O3S. The van der Waals surface area contributed by atoms with Crippen LogP contribution in [0.2, 0.25) is 0 Å². The molecule has 1 aliphatic rings. The maximum absolute atomic E-state index is 12.2. The van der Waals surface area contributed by atoms with Crippen LogP contribution in [0.5, 0.6) is 0 Å². The zero-order chi connectivity index (χ0) is 14.7. The molecule has 20 heavy (non-hydrogen) atoms. The van der Waals surface area contributed by atoms with Crippen LogP contribution >= 0.6 is 11.3 Å². The molecule has 0 spiro atoms. The zero-order valence-corrected chi connectivity index (χ0v) is 12.2. The average Bonchev–Trinajstić information content (AvgIpc) is 2.60. The van der Waals surface area contributed by atoms with E-state index in [4.69, 9.17) is 5.73 Å². The lowest BCUT2D eigenvalue weighted by molar-refractivity contribution is -0.142. The number of aryl methyl sites for hydroxylation is 1. The first kappa shape index (κ1) is 14.8. The second-order valence-corrected chi connectivity index (χ2v) is 6.16. The third-order valence-electron chi connectivity index (χ3n) is 3.67. The Morgan fingerprint density at radius 3 is 2.65 bits per heavy atom. The highest BCUT2D eigenvalue weighted by Crippen LogP contribution is 2.25. The number of thiazole rings is 1. The van der Waals surface area contributed by atoms with Crippen molar-refractivity contribution in [3.63, 3.8) is 0 Å². The number of nitrogen functional groups attached to an aromatic ring is 1. The number of aliphatic carboxylic acids is 1. The van der Waals surface area contributed by atoms with Gasteiger partial charge in [0.15, 0.2) is 5.13 Å². The number of amides is 1. The van der Waals surface area contributed by atoms with Crippen molar-refractivity contribution in [1.82, 2.24) is 10.3 Å². The molecule has 110 valence electrons. The molecule has 4 N–H and O–H groups in total. The largest absolute Gasteiger partial charge is 0.481 e. The summed E-state index contributed by atoms with van der Waals surface area (Å²) in [6, 6.07) is -0.315. The summed E-state index contributed by atoms with van der Waals surface area (Å²) in [5, 5.41) is 12.5. The molecule has 2 unspecified atom stereocenters. The minimum atomic E-state index is -0.835. The van der Waals surface area contributed by atoms with E-state index in [0.29, 0.717) is 28.5 Å². The summed E-state index contributed by atoms with van der Waals surface area (Å²) < 4.78 is 0. The topological polar surface area (TPSA) is 105 Å². The molecule has 2 rings (SSSR count). The van der Waals surface area contributed by atoms with Crippen LogP contribution in [0.3, 0.4) is 0 Å². The van der Waals surface area contributed by atoms with Crippen molar-refractivity contribution in [3.05, 3.63) is 10.6 Å². The smallest absolute Gasteiger partial charge is 0.308 e. The van der Waals surface area contributed by atoms with Crippen LogP contribution in [-0.4, -0.2) is 28.0 Å². The Balaban J connectivity index is 2.11. The standard InChI is InChI=1S/C13H19N3O3S/c1-7-10(20-13(14)15-7)11(17)16-9-6-4-2-3-5-8(9)12(18)19/h8-9H,2-6H2,1H3,(H2,14,15)(H,16,17)(H,18,19). The van der Waals surface area contributed by atoms with Crippen LogP contribution in [0.4, 0.5) is 5.13 Å². The molecule has 0 bridgehead atoms. The van der Waals surface area contributed by atoms with Crippen LogP contribution in [-0.2, 0) is 4.79 Å². The number of aromatic nitrogens is 1. The van der Waals surface area contributed by atoms with Gasteiger partial charge in [0.05, 0.1) is 11.6 Å². The summed E-state index contributed by atoms with van der Waals surface area (Å²) >= 11 is 1.13. The van der Waals surface area contributed by atoms with E-state index in [1.165, 1.54) is 0 Å². The Morgan fingerprint density at radius 1 is 1.35 bits per heavy atom. The minimum absolute atomic E-state index is 0.269. The SMILES string of the molecule is Cc1nc(N)sc1C(=O)NC1CCCCCC1C(=O)O. The molecule has 2 atom stereocenters. The Morgan fingerprint density at radius 2 is 2.05 bits per heavy atom. The van der Waals surface area contributed by atoms with Crippen LogP contribution in [0.15, 0.2) is 0 Å². The highest BCUT2D eigenvalue weighted by molar-refractivity contribution is 7.17. The van der Waals surface area contributed by atoms with Gasteiger partial charge in [0, 0.05) is 6.04 Å². The average molecular weight is 297 g/mol. The van der Waals surface area contributed by atoms with Gasteiger partial charge in [-0.15, -0.1) is 0 Å². The van der Waals surface area contributed by atoms with Crippen molar-refractivity contribution >= 4 is 28.3 Å². The lowest BCUT2D eigenvalue weighted by Gasteiger charge is -2.22. The monoisotopic (exact) mass is 297 g/mol. The van der Waals surface area contributed by atoms with E-state index in [9.17, 15) is 14.7 Å². The van der Waals surface area contributed by atoms with Gasteiger partial charge in [0.1, 0.15) is 4.88 Å². The van der Waals surface area contributed by atoms with Crippen molar-refractivity contribution in [2.75, 3.05) is 5.73 Å². The normalized spacial score (nSPS) is 23.1. The van der Waals surface area contributed by atoms with Gasteiger partial charge in [-0.25, -0.2) is 4.98 Å². The third kappa shape index (κ3) is 3.27. The second-order valence-electron chi connectivity index (χ2n) is 5.13. The molecule has 1 fully saturated rings. The highest BCUT2D eigenvalue weighted by atomic mass is 32.1. The lowest BCUT2D eigenvalue weighted by atomic mass is 9.95. The number of rotatable bonds is 3. The first-order valence-corrected chi connectivity index (χ1v) is 7.57. The van der Waals surface area contributed by atoms with Crippen LogP contribution in [0, 0.1) is 12.8 Å². The fourth-order valence-electron chi connectivity index (χ4n) is 2.64. The summed E-state index contributed by atoms with van der Waals surface area (Å²) in [6.07, 6.45) is 4.18. The molecule has 0 saturated heterocycles. The number of carbonyl (C=O) groups excluding carboxylic acids is 1. The number of nitrogens with two attached hydrogens (primary N) is 1. The molecule has 0 aromatic carbocycles. The van der Waals surface area contributed by atoms with E-state index in [1.54, 1.807) is 6.92 Å². The summed E-state index contributed by atoms with van der Waals surface area (Å²) in [7, 11) is 0. The zero-order valence-electron chi connectivity index (χ0n) is 11.4. The Kier molecular flexibility index (Phi) is 4.59. The number of nitrogens with zero attached hydrogens (tertiary/aromatic N) is 1. The van der Waals surface area contributed by atoms with E-state index in [2.05, 4.69) is 10.3 Å². The van der Waals surface area contributed by atoms with Crippen LogP contribution < -0.4 is 11.1 Å². The number of nitrogens with one attached hydrogen (secondary N) is 1. The molecule has 1 aromatic rings. The lowest BCUT2D eigenvalue weighted by Crippen LogP contribution is -2.42. The first-order chi connectivity index (χ1) is 9.49. The highest BCUT2D eigenvalue weighted by Gasteiger charge is 2.31. The van der Waals surface area contributed by atoms with Crippen molar-refractivity contribution in [1.29, 1.82) is 0 Å². The predicted octanol–water partition coefficient (Wildman–Crippen LogP) is 1.80. The Labute approximate surface area is 121 Å². The van der Waals surface area contributed by atoms with Gasteiger partial charge in [-0.2, -0.15) is 0 Å². The number of anilines is 1. The maximum Gasteiger partial charge on any atom is 0.308 e. The molecule has 6 nitrogen and oxygen atoms in total. The molecule has 1 saturated carbocycles. The minimum Gasteiger partial charge on any atom is -0.481 e.